The Hall–Kier alpha value is -3.92. The predicted octanol–water partition coefficient (Wildman–Crippen LogP) is 5.03. The minimum Gasteiger partial charge on any atom is -0.384 e. The van der Waals surface area contributed by atoms with Gasteiger partial charge in [-0.15, -0.1) is 0 Å². The number of carbonyl (C=O) groups is 2. The molecule has 0 radical (unpaired) electrons. The third kappa shape index (κ3) is 6.26. The third-order valence-electron chi connectivity index (χ3n) is 6.36. The van der Waals surface area contributed by atoms with Gasteiger partial charge in [-0.2, -0.15) is 13.2 Å². The second-order valence-corrected chi connectivity index (χ2v) is 9.21. The fourth-order valence-corrected chi connectivity index (χ4v) is 4.22. The van der Waals surface area contributed by atoms with E-state index >= 15 is 0 Å². The van der Waals surface area contributed by atoms with Crippen molar-refractivity contribution in [1.29, 1.82) is 0 Å². The van der Waals surface area contributed by atoms with Crippen LogP contribution in [-0.2, 0) is 22.3 Å². The van der Waals surface area contributed by atoms with Crippen LogP contribution < -0.4 is 16.4 Å². The number of pyridine rings is 1. The molecule has 0 saturated carbocycles. The first-order chi connectivity index (χ1) is 17.6. The Labute approximate surface area is 212 Å². The van der Waals surface area contributed by atoms with Gasteiger partial charge in [-0.25, -0.2) is 4.98 Å². The lowest BCUT2D eigenvalue weighted by molar-refractivity contribution is -0.137. The summed E-state index contributed by atoms with van der Waals surface area (Å²) < 4.78 is 45.7. The van der Waals surface area contributed by atoms with Crippen molar-refractivity contribution in [3.05, 3.63) is 83.0 Å². The highest BCUT2D eigenvalue weighted by Crippen LogP contribution is 2.37. The second kappa shape index (κ2) is 10.6. The Morgan fingerprint density at radius 1 is 1.11 bits per heavy atom. The predicted molar refractivity (Wildman–Crippen MR) is 133 cm³/mol. The number of carbonyl (C=O) groups excluding carboxylic acids is 2. The Bertz CT molecular complexity index is 1270. The number of aromatic nitrogens is 1. The first-order valence-electron chi connectivity index (χ1n) is 11.7. The summed E-state index contributed by atoms with van der Waals surface area (Å²) in [6.07, 6.45) is -2.70. The quantitative estimate of drug-likeness (QED) is 0.366. The van der Waals surface area contributed by atoms with Gasteiger partial charge in [0.05, 0.1) is 23.3 Å². The minimum atomic E-state index is -4.48. The molecule has 2 aromatic carbocycles. The molecule has 3 aromatic rings. The molecule has 37 heavy (non-hydrogen) atoms. The van der Waals surface area contributed by atoms with Gasteiger partial charge in [0.2, 0.25) is 5.91 Å². The first kappa shape index (κ1) is 26.2. The molecule has 0 spiro atoms. The summed E-state index contributed by atoms with van der Waals surface area (Å²) in [6, 6.07) is 13.9. The largest absolute Gasteiger partial charge is 0.418 e. The van der Waals surface area contributed by atoms with E-state index in [4.69, 9.17) is 10.5 Å². The van der Waals surface area contributed by atoms with E-state index in [0.717, 1.165) is 11.6 Å². The summed E-state index contributed by atoms with van der Waals surface area (Å²) >= 11 is 0. The van der Waals surface area contributed by atoms with Crippen LogP contribution in [0.3, 0.4) is 0 Å². The number of hydrogen-bond donors (Lipinski definition) is 3. The van der Waals surface area contributed by atoms with Crippen molar-refractivity contribution in [3.8, 4) is 0 Å². The van der Waals surface area contributed by atoms with Crippen LogP contribution in [0, 0.1) is 12.3 Å². The third-order valence-corrected chi connectivity index (χ3v) is 6.36. The van der Waals surface area contributed by atoms with E-state index in [9.17, 15) is 22.8 Å². The zero-order valence-electron chi connectivity index (χ0n) is 20.2. The summed E-state index contributed by atoms with van der Waals surface area (Å²) in [4.78, 5) is 29.9. The number of ether oxygens (including phenoxy) is 1. The van der Waals surface area contributed by atoms with Crippen molar-refractivity contribution in [3.63, 3.8) is 0 Å². The number of ketones is 1. The number of Topliss-reactive ketones (excluding diaryl/α,β-unsaturated/α-hetero) is 1. The summed E-state index contributed by atoms with van der Waals surface area (Å²) in [5.74, 6) is -0.217. The molecule has 1 aliphatic rings. The maximum Gasteiger partial charge on any atom is 0.418 e. The fraction of sp³-hybridized carbons (Fsp3) is 0.296. The molecule has 4 N–H and O–H groups in total. The molecule has 7 nitrogen and oxygen atoms in total. The SMILES string of the molecule is Cc1ccc(Nc2ccc(CNC(=O)[C@]3(CC(=O)c4ccc(N)nc4)CCOC3)cc2)c(C(F)(F)F)c1. The van der Waals surface area contributed by atoms with E-state index in [1.165, 1.54) is 18.3 Å². The lowest BCUT2D eigenvalue weighted by atomic mass is 9.80. The molecular formula is C27H27F3N4O3. The van der Waals surface area contributed by atoms with E-state index in [2.05, 4.69) is 15.6 Å². The number of hydrogen-bond acceptors (Lipinski definition) is 6. The van der Waals surface area contributed by atoms with Gasteiger partial charge in [-0.05, 0) is 55.3 Å². The molecule has 4 rings (SSSR count). The average Bonchev–Trinajstić information content (AvgIpc) is 3.34. The van der Waals surface area contributed by atoms with Crippen molar-refractivity contribution in [2.24, 2.45) is 5.41 Å². The van der Waals surface area contributed by atoms with Crippen LogP contribution in [0.4, 0.5) is 30.4 Å². The highest BCUT2D eigenvalue weighted by molar-refractivity contribution is 5.99. The van der Waals surface area contributed by atoms with Gasteiger partial charge in [0, 0.05) is 37.0 Å². The highest BCUT2D eigenvalue weighted by Gasteiger charge is 2.44. The number of aryl methyl sites for hydroxylation is 1. The first-order valence-corrected chi connectivity index (χ1v) is 11.7. The second-order valence-electron chi connectivity index (χ2n) is 9.21. The molecule has 1 atom stereocenters. The molecule has 0 aliphatic carbocycles. The molecule has 1 fully saturated rings. The van der Waals surface area contributed by atoms with Gasteiger partial charge in [-0.1, -0.05) is 23.8 Å². The monoisotopic (exact) mass is 512 g/mol. The number of alkyl halides is 3. The van der Waals surface area contributed by atoms with Crippen LogP contribution >= 0.6 is 0 Å². The number of halogens is 3. The van der Waals surface area contributed by atoms with E-state index < -0.39 is 17.2 Å². The number of nitrogens with two attached hydrogens (primary N) is 1. The van der Waals surface area contributed by atoms with E-state index in [1.54, 1.807) is 43.3 Å². The van der Waals surface area contributed by atoms with Crippen molar-refractivity contribution in [2.75, 3.05) is 24.3 Å². The molecule has 1 amide bonds. The fourth-order valence-electron chi connectivity index (χ4n) is 4.22. The molecule has 0 unspecified atom stereocenters. The van der Waals surface area contributed by atoms with E-state index in [0.29, 0.717) is 35.7 Å². The van der Waals surface area contributed by atoms with Gasteiger partial charge >= 0.3 is 6.18 Å². The smallest absolute Gasteiger partial charge is 0.384 e. The highest BCUT2D eigenvalue weighted by atomic mass is 19.4. The Balaban J connectivity index is 1.39. The normalized spacial score (nSPS) is 17.4. The van der Waals surface area contributed by atoms with Gasteiger partial charge < -0.3 is 21.1 Å². The van der Waals surface area contributed by atoms with Crippen molar-refractivity contribution < 1.29 is 27.5 Å². The van der Waals surface area contributed by atoms with Crippen LogP contribution in [0.5, 0.6) is 0 Å². The Kier molecular flexibility index (Phi) is 7.49. The molecule has 194 valence electrons. The number of anilines is 3. The maximum absolute atomic E-state index is 13.4. The van der Waals surface area contributed by atoms with Gasteiger partial charge in [0.1, 0.15) is 5.82 Å². The number of nitrogens with zero attached hydrogens (tertiary/aromatic N) is 1. The summed E-state index contributed by atoms with van der Waals surface area (Å²) in [5.41, 5.74) is 5.94. The van der Waals surface area contributed by atoms with Crippen molar-refractivity contribution in [1.82, 2.24) is 10.3 Å². The minimum absolute atomic E-state index is 0.0224. The van der Waals surface area contributed by atoms with Crippen LogP contribution in [-0.4, -0.2) is 29.9 Å². The summed E-state index contributed by atoms with van der Waals surface area (Å²) in [5, 5.41) is 5.69. The Morgan fingerprint density at radius 2 is 1.86 bits per heavy atom. The molecule has 1 saturated heterocycles. The van der Waals surface area contributed by atoms with Crippen LogP contribution in [0.2, 0.25) is 0 Å². The van der Waals surface area contributed by atoms with Gasteiger partial charge in [0.15, 0.2) is 5.78 Å². The van der Waals surface area contributed by atoms with Crippen LogP contribution in [0.15, 0.2) is 60.8 Å². The summed E-state index contributed by atoms with van der Waals surface area (Å²) in [6.45, 7) is 2.31. The van der Waals surface area contributed by atoms with Crippen LogP contribution in [0.25, 0.3) is 0 Å². The van der Waals surface area contributed by atoms with Crippen molar-refractivity contribution >= 4 is 28.9 Å². The maximum atomic E-state index is 13.4. The number of rotatable bonds is 8. The number of nitrogen functional groups attached to an aromatic ring is 1. The van der Waals surface area contributed by atoms with E-state index in [-0.39, 0.29) is 37.0 Å². The Morgan fingerprint density at radius 3 is 2.49 bits per heavy atom. The summed E-state index contributed by atoms with van der Waals surface area (Å²) in [7, 11) is 0. The molecular weight excluding hydrogens is 485 g/mol. The van der Waals surface area contributed by atoms with E-state index in [1.807, 2.05) is 0 Å². The molecule has 2 heterocycles. The van der Waals surface area contributed by atoms with Gasteiger partial charge in [0.25, 0.3) is 0 Å². The number of amides is 1. The van der Waals surface area contributed by atoms with Crippen molar-refractivity contribution in [2.45, 2.75) is 32.5 Å². The zero-order chi connectivity index (χ0) is 26.6. The molecule has 1 aliphatic heterocycles. The lowest BCUT2D eigenvalue weighted by Gasteiger charge is -2.25. The van der Waals surface area contributed by atoms with Gasteiger partial charge in [-0.3, -0.25) is 9.59 Å². The number of nitrogens with one attached hydrogen (secondary N) is 2. The average molecular weight is 513 g/mol. The standard InChI is InChI=1S/C27H27F3N4O3/c1-17-2-8-22(21(12-17)27(28,29)30)34-20-6-3-18(4-7-20)14-33-25(36)26(10-11-37-16-26)13-23(35)19-5-9-24(31)32-15-19/h2-9,12,15,34H,10-11,13-14,16H2,1H3,(H2,31,32)(H,33,36)/t26-/m0/s1. The zero-order valence-corrected chi connectivity index (χ0v) is 20.2. The molecule has 10 heteroatoms. The lowest BCUT2D eigenvalue weighted by Crippen LogP contribution is -2.42. The molecule has 0 bridgehead atoms. The number of benzene rings is 2. The molecule has 1 aromatic heterocycles. The van der Waals surface area contributed by atoms with Crippen LogP contribution in [0.1, 0.15) is 39.9 Å². The topological polar surface area (TPSA) is 106 Å².